The predicted molar refractivity (Wildman–Crippen MR) is 85.6 cm³/mol. The number of anilines is 1. The molecule has 1 aliphatic rings. The molecule has 0 atom stereocenters. The average Bonchev–Trinajstić information content (AvgIpc) is 3.00. The van der Waals surface area contributed by atoms with Crippen LogP contribution in [0.1, 0.15) is 36.0 Å². The van der Waals surface area contributed by atoms with Crippen LogP contribution >= 0.6 is 11.3 Å². The molecule has 3 rings (SSSR count). The van der Waals surface area contributed by atoms with Crippen LogP contribution in [0.4, 0.5) is 5.82 Å². The molecule has 2 aromatic rings. The van der Waals surface area contributed by atoms with E-state index in [0.717, 1.165) is 29.6 Å². The van der Waals surface area contributed by atoms with Crippen molar-refractivity contribution in [2.75, 3.05) is 25.0 Å². The molecule has 0 unspecified atom stereocenters. The summed E-state index contributed by atoms with van der Waals surface area (Å²) in [7, 11) is 0. The first-order chi connectivity index (χ1) is 9.69. The minimum absolute atomic E-state index is 0.879. The molecule has 20 heavy (non-hydrogen) atoms. The highest BCUT2D eigenvalue weighted by Gasteiger charge is 2.17. The second-order valence-corrected chi connectivity index (χ2v) is 6.67. The maximum absolute atomic E-state index is 4.79. The molecule has 0 amide bonds. The van der Waals surface area contributed by atoms with Crippen molar-refractivity contribution >= 4 is 27.4 Å². The molecule has 1 saturated heterocycles. The Morgan fingerprint density at radius 2 is 1.95 bits per heavy atom. The van der Waals surface area contributed by atoms with Gasteiger partial charge in [-0.2, -0.15) is 0 Å². The highest BCUT2D eigenvalue weighted by Crippen LogP contribution is 2.33. The van der Waals surface area contributed by atoms with E-state index in [1.54, 1.807) is 11.3 Å². The lowest BCUT2D eigenvalue weighted by Crippen LogP contribution is -2.20. The van der Waals surface area contributed by atoms with E-state index >= 15 is 0 Å². The first-order valence-electron chi connectivity index (χ1n) is 7.42. The lowest BCUT2D eigenvalue weighted by atomic mass is 10.2. The van der Waals surface area contributed by atoms with Gasteiger partial charge < -0.3 is 5.32 Å². The van der Waals surface area contributed by atoms with Crippen molar-refractivity contribution in [3.63, 3.8) is 0 Å². The van der Waals surface area contributed by atoms with Crippen molar-refractivity contribution in [1.82, 2.24) is 14.9 Å². The fourth-order valence-corrected chi connectivity index (χ4v) is 3.85. The summed E-state index contributed by atoms with van der Waals surface area (Å²) in [4.78, 5) is 14.5. The zero-order chi connectivity index (χ0) is 14.1. The van der Waals surface area contributed by atoms with Gasteiger partial charge in [0.15, 0.2) is 0 Å². The molecule has 4 nitrogen and oxygen atoms in total. The number of nitrogens with one attached hydrogen (secondary N) is 1. The van der Waals surface area contributed by atoms with E-state index in [0.29, 0.717) is 0 Å². The Balaban J connectivity index is 2.00. The van der Waals surface area contributed by atoms with Gasteiger partial charge in [-0.25, -0.2) is 9.97 Å². The third-order valence-corrected chi connectivity index (χ3v) is 5.08. The molecule has 2 aromatic heterocycles. The molecule has 0 saturated carbocycles. The summed E-state index contributed by atoms with van der Waals surface area (Å²) < 4.78 is 0. The SMILES string of the molecule is CCNc1nc(CN2CCCC2)nc2sc(C)c(C)c12. The van der Waals surface area contributed by atoms with Gasteiger partial charge in [0.1, 0.15) is 16.5 Å². The summed E-state index contributed by atoms with van der Waals surface area (Å²) in [6.07, 6.45) is 2.61. The molecule has 3 heterocycles. The van der Waals surface area contributed by atoms with E-state index < -0.39 is 0 Å². The summed E-state index contributed by atoms with van der Waals surface area (Å²) >= 11 is 1.78. The Morgan fingerprint density at radius 3 is 2.65 bits per heavy atom. The number of nitrogens with zero attached hydrogens (tertiary/aromatic N) is 3. The quantitative estimate of drug-likeness (QED) is 0.937. The van der Waals surface area contributed by atoms with Crippen LogP contribution in [0.5, 0.6) is 0 Å². The van der Waals surface area contributed by atoms with Gasteiger partial charge in [-0.05, 0) is 52.3 Å². The van der Waals surface area contributed by atoms with E-state index in [4.69, 9.17) is 9.97 Å². The van der Waals surface area contributed by atoms with Crippen molar-refractivity contribution in [1.29, 1.82) is 0 Å². The van der Waals surface area contributed by atoms with Crippen LogP contribution in [0, 0.1) is 13.8 Å². The molecule has 1 fully saturated rings. The van der Waals surface area contributed by atoms with E-state index in [1.165, 1.54) is 41.8 Å². The largest absolute Gasteiger partial charge is 0.370 e. The molecule has 0 spiro atoms. The molecule has 1 aliphatic heterocycles. The fourth-order valence-electron chi connectivity index (χ4n) is 2.80. The Morgan fingerprint density at radius 1 is 1.20 bits per heavy atom. The van der Waals surface area contributed by atoms with Crippen LogP contribution in [-0.2, 0) is 6.54 Å². The van der Waals surface area contributed by atoms with Crippen LogP contribution in [0.3, 0.4) is 0 Å². The van der Waals surface area contributed by atoms with Gasteiger partial charge in [0, 0.05) is 11.4 Å². The highest BCUT2D eigenvalue weighted by molar-refractivity contribution is 7.18. The Hall–Kier alpha value is -1.20. The van der Waals surface area contributed by atoms with Gasteiger partial charge in [-0.15, -0.1) is 11.3 Å². The Kier molecular flexibility index (Phi) is 3.89. The van der Waals surface area contributed by atoms with Gasteiger partial charge in [0.2, 0.25) is 0 Å². The first-order valence-corrected chi connectivity index (χ1v) is 8.23. The molecule has 0 aliphatic carbocycles. The van der Waals surface area contributed by atoms with E-state index in [1.807, 2.05) is 0 Å². The number of hydrogen-bond donors (Lipinski definition) is 1. The predicted octanol–water partition coefficient (Wildman–Crippen LogP) is 3.34. The van der Waals surface area contributed by atoms with E-state index in [-0.39, 0.29) is 0 Å². The fraction of sp³-hybridized carbons (Fsp3) is 0.600. The van der Waals surface area contributed by atoms with E-state index in [9.17, 15) is 0 Å². The zero-order valence-corrected chi connectivity index (χ0v) is 13.3. The van der Waals surface area contributed by atoms with Crippen LogP contribution in [0.2, 0.25) is 0 Å². The standard InChI is InChI=1S/C15H22N4S/c1-4-16-14-13-10(2)11(3)20-15(13)18-12(17-14)9-19-7-5-6-8-19/h4-9H2,1-3H3,(H,16,17,18). The van der Waals surface area contributed by atoms with E-state index in [2.05, 4.69) is 31.0 Å². The van der Waals surface area contributed by atoms with Crippen LogP contribution in [-0.4, -0.2) is 34.5 Å². The van der Waals surface area contributed by atoms with Crippen LogP contribution < -0.4 is 5.32 Å². The van der Waals surface area contributed by atoms with Crippen molar-refractivity contribution in [3.05, 3.63) is 16.3 Å². The number of fused-ring (bicyclic) bond motifs is 1. The smallest absolute Gasteiger partial charge is 0.146 e. The highest BCUT2D eigenvalue weighted by atomic mass is 32.1. The Labute approximate surface area is 124 Å². The second kappa shape index (κ2) is 5.66. The summed E-state index contributed by atoms with van der Waals surface area (Å²) in [6.45, 7) is 10.6. The topological polar surface area (TPSA) is 41.1 Å². The molecule has 0 bridgehead atoms. The summed E-state index contributed by atoms with van der Waals surface area (Å²) in [6, 6.07) is 0. The van der Waals surface area contributed by atoms with Crippen molar-refractivity contribution in [3.8, 4) is 0 Å². The summed E-state index contributed by atoms with van der Waals surface area (Å²) in [5, 5.41) is 4.61. The molecule has 1 N–H and O–H groups in total. The number of aromatic nitrogens is 2. The van der Waals surface area contributed by atoms with Crippen LogP contribution in [0.25, 0.3) is 10.2 Å². The minimum atomic E-state index is 0.879. The average molecular weight is 290 g/mol. The summed E-state index contributed by atoms with van der Waals surface area (Å²) in [5.41, 5.74) is 1.31. The third kappa shape index (κ3) is 2.52. The number of thiophene rings is 1. The summed E-state index contributed by atoms with van der Waals surface area (Å²) in [5.74, 6) is 1.96. The number of hydrogen-bond acceptors (Lipinski definition) is 5. The molecule has 0 radical (unpaired) electrons. The van der Waals surface area contributed by atoms with Crippen molar-refractivity contribution < 1.29 is 0 Å². The molecule has 5 heteroatoms. The zero-order valence-electron chi connectivity index (χ0n) is 12.5. The lowest BCUT2D eigenvalue weighted by molar-refractivity contribution is 0.323. The molecular formula is C15H22N4S. The minimum Gasteiger partial charge on any atom is -0.370 e. The van der Waals surface area contributed by atoms with Gasteiger partial charge in [-0.1, -0.05) is 0 Å². The second-order valence-electron chi connectivity index (χ2n) is 5.47. The van der Waals surface area contributed by atoms with Crippen molar-refractivity contribution in [2.45, 2.75) is 40.2 Å². The van der Waals surface area contributed by atoms with Gasteiger partial charge in [-0.3, -0.25) is 4.90 Å². The number of rotatable bonds is 4. The molecular weight excluding hydrogens is 268 g/mol. The lowest BCUT2D eigenvalue weighted by Gasteiger charge is -2.14. The molecule has 108 valence electrons. The molecule has 0 aromatic carbocycles. The van der Waals surface area contributed by atoms with Gasteiger partial charge >= 0.3 is 0 Å². The first kappa shape index (κ1) is 13.8. The maximum atomic E-state index is 4.79. The monoisotopic (exact) mass is 290 g/mol. The number of likely N-dealkylation sites (tertiary alicyclic amines) is 1. The maximum Gasteiger partial charge on any atom is 0.146 e. The van der Waals surface area contributed by atoms with Gasteiger partial charge in [0.25, 0.3) is 0 Å². The number of aryl methyl sites for hydroxylation is 2. The van der Waals surface area contributed by atoms with Gasteiger partial charge in [0.05, 0.1) is 11.9 Å². The Bertz CT molecular complexity index is 614. The van der Waals surface area contributed by atoms with Crippen LogP contribution in [0.15, 0.2) is 0 Å². The van der Waals surface area contributed by atoms with Crippen molar-refractivity contribution in [2.24, 2.45) is 0 Å². The third-order valence-electron chi connectivity index (χ3n) is 3.98. The normalized spacial score (nSPS) is 16.1.